The van der Waals surface area contributed by atoms with Crippen LogP contribution in [0.5, 0.6) is 0 Å². The lowest BCUT2D eigenvalue weighted by molar-refractivity contribution is -0.143. The molecular formula is C17H11BrF6O2. The summed E-state index contributed by atoms with van der Waals surface area (Å²) >= 11 is 3.26. The summed E-state index contributed by atoms with van der Waals surface area (Å²) in [5.41, 5.74) is -2.37. The number of halogens is 7. The third-order valence-corrected chi connectivity index (χ3v) is 4.34. The van der Waals surface area contributed by atoms with Gasteiger partial charge in [-0.15, -0.1) is 0 Å². The predicted octanol–water partition coefficient (Wildman–Crippen LogP) is 6.27. The average Bonchev–Trinajstić information content (AvgIpc) is 3.03. The van der Waals surface area contributed by atoms with Gasteiger partial charge < -0.3 is 9.47 Å². The van der Waals surface area contributed by atoms with E-state index in [0.717, 1.165) is 4.47 Å². The van der Waals surface area contributed by atoms with Crippen LogP contribution in [0.25, 0.3) is 0 Å². The minimum Gasteiger partial charge on any atom is -0.345 e. The molecule has 0 amide bonds. The Morgan fingerprint density at radius 2 is 1.35 bits per heavy atom. The van der Waals surface area contributed by atoms with Crippen LogP contribution in [0.3, 0.4) is 0 Å². The van der Waals surface area contributed by atoms with Crippen LogP contribution >= 0.6 is 15.9 Å². The van der Waals surface area contributed by atoms with E-state index in [0.29, 0.717) is 17.7 Å². The molecule has 0 spiro atoms. The molecule has 9 heteroatoms. The molecule has 1 aliphatic heterocycles. The van der Waals surface area contributed by atoms with Crippen molar-refractivity contribution in [3.05, 3.63) is 69.2 Å². The molecule has 3 rings (SSSR count). The van der Waals surface area contributed by atoms with Crippen molar-refractivity contribution in [3.8, 4) is 0 Å². The molecule has 0 radical (unpaired) electrons. The fraction of sp³-hybridized carbons (Fsp3) is 0.294. The van der Waals surface area contributed by atoms with Crippen molar-refractivity contribution >= 4 is 15.9 Å². The van der Waals surface area contributed by atoms with Gasteiger partial charge in [-0.2, -0.15) is 26.3 Å². The number of alkyl halides is 6. The van der Waals surface area contributed by atoms with E-state index in [9.17, 15) is 26.3 Å². The fourth-order valence-electron chi connectivity index (χ4n) is 2.54. The van der Waals surface area contributed by atoms with E-state index < -0.39 is 35.9 Å². The maximum atomic E-state index is 13.0. The fourth-order valence-corrected chi connectivity index (χ4v) is 2.80. The van der Waals surface area contributed by atoms with Crippen LogP contribution in [0.15, 0.2) is 46.9 Å². The number of ether oxygens (including phenoxy) is 2. The number of hydrogen-bond donors (Lipinski definition) is 0. The monoisotopic (exact) mass is 440 g/mol. The summed E-state index contributed by atoms with van der Waals surface area (Å²) < 4.78 is 89.5. The third-order valence-electron chi connectivity index (χ3n) is 3.81. The smallest absolute Gasteiger partial charge is 0.345 e. The molecule has 0 N–H and O–H groups in total. The number of rotatable bonds is 2. The molecule has 2 aromatic carbocycles. The quantitative estimate of drug-likeness (QED) is 0.512. The first kappa shape index (κ1) is 19.2. The van der Waals surface area contributed by atoms with Gasteiger partial charge >= 0.3 is 12.4 Å². The molecule has 0 saturated carbocycles. The number of hydrogen-bond acceptors (Lipinski definition) is 2. The zero-order valence-corrected chi connectivity index (χ0v) is 14.5. The van der Waals surface area contributed by atoms with E-state index in [1.807, 2.05) is 0 Å². The standard InChI is InChI=1S/C17H11BrF6O2/c18-13-3-1-9(2-4-13)15-25-8-14(26-15)10-5-11(16(19,20)21)7-12(6-10)17(22,23)24/h1-7,14-15H,8H2/t14-,15?/m1/s1. The van der Waals surface area contributed by atoms with Crippen molar-refractivity contribution in [1.29, 1.82) is 0 Å². The van der Waals surface area contributed by atoms with Crippen molar-refractivity contribution in [3.63, 3.8) is 0 Å². The summed E-state index contributed by atoms with van der Waals surface area (Å²) in [6.45, 7) is -0.153. The maximum absolute atomic E-state index is 13.0. The SMILES string of the molecule is FC(F)(F)c1cc([C@H]2COC(c3ccc(Br)cc3)O2)cc(C(F)(F)F)c1. The Morgan fingerprint density at radius 1 is 0.808 bits per heavy atom. The third kappa shape index (κ3) is 4.21. The second kappa shape index (κ2) is 6.86. The van der Waals surface area contributed by atoms with Crippen LogP contribution in [0, 0.1) is 0 Å². The molecule has 26 heavy (non-hydrogen) atoms. The van der Waals surface area contributed by atoms with Crippen LogP contribution in [0.4, 0.5) is 26.3 Å². The molecule has 1 fully saturated rings. The first-order valence-corrected chi connectivity index (χ1v) is 8.15. The highest BCUT2D eigenvalue weighted by molar-refractivity contribution is 9.10. The Kier molecular flexibility index (Phi) is 5.06. The second-order valence-electron chi connectivity index (χ2n) is 5.68. The van der Waals surface area contributed by atoms with E-state index in [-0.39, 0.29) is 18.2 Å². The van der Waals surface area contributed by atoms with E-state index in [1.165, 1.54) is 0 Å². The first-order chi connectivity index (χ1) is 12.0. The van der Waals surface area contributed by atoms with Crippen LogP contribution in [-0.2, 0) is 21.8 Å². The summed E-state index contributed by atoms with van der Waals surface area (Å²) in [6, 6.07) is 8.23. The highest BCUT2D eigenvalue weighted by Crippen LogP contribution is 2.41. The minimum atomic E-state index is -4.90. The minimum absolute atomic E-state index is 0.0888. The second-order valence-corrected chi connectivity index (χ2v) is 6.60. The van der Waals surface area contributed by atoms with E-state index in [2.05, 4.69) is 15.9 Å². The number of benzene rings is 2. The van der Waals surface area contributed by atoms with Gasteiger partial charge in [-0.3, -0.25) is 0 Å². The summed E-state index contributed by atoms with van der Waals surface area (Å²) in [5.74, 6) is 0. The molecule has 2 atom stereocenters. The predicted molar refractivity (Wildman–Crippen MR) is 83.1 cm³/mol. The lowest BCUT2D eigenvalue weighted by Gasteiger charge is -2.17. The molecule has 1 unspecified atom stereocenters. The molecule has 0 bridgehead atoms. The summed E-state index contributed by atoms with van der Waals surface area (Å²) in [6.07, 6.45) is -11.7. The topological polar surface area (TPSA) is 18.5 Å². The van der Waals surface area contributed by atoms with Gasteiger partial charge in [0.15, 0.2) is 6.29 Å². The van der Waals surface area contributed by atoms with E-state index >= 15 is 0 Å². The van der Waals surface area contributed by atoms with Crippen molar-refractivity contribution < 1.29 is 35.8 Å². The average molecular weight is 441 g/mol. The highest BCUT2D eigenvalue weighted by Gasteiger charge is 2.39. The molecule has 1 saturated heterocycles. The van der Waals surface area contributed by atoms with Gasteiger partial charge in [0.1, 0.15) is 6.10 Å². The summed E-state index contributed by atoms with van der Waals surface area (Å²) in [4.78, 5) is 0. The van der Waals surface area contributed by atoms with Gasteiger partial charge in [-0.25, -0.2) is 0 Å². The van der Waals surface area contributed by atoms with Crippen LogP contribution in [-0.4, -0.2) is 6.61 Å². The van der Waals surface area contributed by atoms with Crippen molar-refractivity contribution in [2.45, 2.75) is 24.7 Å². The summed E-state index contributed by atoms with van der Waals surface area (Å²) in [7, 11) is 0. The Bertz CT molecular complexity index is 753. The zero-order chi connectivity index (χ0) is 19.1. The van der Waals surface area contributed by atoms with Crippen LogP contribution < -0.4 is 0 Å². The molecule has 1 heterocycles. The van der Waals surface area contributed by atoms with Crippen molar-refractivity contribution in [2.24, 2.45) is 0 Å². The lowest BCUT2D eigenvalue weighted by atomic mass is 10.0. The van der Waals surface area contributed by atoms with Gasteiger partial charge in [0, 0.05) is 10.0 Å². The molecule has 1 aliphatic rings. The molecule has 2 aromatic rings. The van der Waals surface area contributed by atoms with Crippen LogP contribution in [0.2, 0.25) is 0 Å². The van der Waals surface area contributed by atoms with Gasteiger partial charge in [-0.05, 0) is 35.9 Å². The van der Waals surface area contributed by atoms with E-state index in [4.69, 9.17) is 9.47 Å². The molecular weight excluding hydrogens is 430 g/mol. The largest absolute Gasteiger partial charge is 0.416 e. The van der Waals surface area contributed by atoms with Gasteiger partial charge in [-0.1, -0.05) is 28.1 Å². The molecule has 0 aliphatic carbocycles. The molecule has 140 valence electrons. The highest BCUT2D eigenvalue weighted by atomic mass is 79.9. The van der Waals surface area contributed by atoms with Gasteiger partial charge in [0.05, 0.1) is 17.7 Å². The molecule has 2 nitrogen and oxygen atoms in total. The first-order valence-electron chi connectivity index (χ1n) is 7.36. The van der Waals surface area contributed by atoms with Gasteiger partial charge in [0.25, 0.3) is 0 Å². The maximum Gasteiger partial charge on any atom is 0.416 e. The summed E-state index contributed by atoms with van der Waals surface area (Å²) in [5, 5.41) is 0. The normalized spacial score (nSPS) is 21.2. The Balaban J connectivity index is 1.90. The van der Waals surface area contributed by atoms with Crippen LogP contribution in [0.1, 0.15) is 34.6 Å². The van der Waals surface area contributed by atoms with Gasteiger partial charge in [0.2, 0.25) is 0 Å². The van der Waals surface area contributed by atoms with Crippen molar-refractivity contribution in [1.82, 2.24) is 0 Å². The Labute approximate surface area is 152 Å². The lowest BCUT2D eigenvalue weighted by Crippen LogP contribution is -2.13. The Morgan fingerprint density at radius 3 is 1.85 bits per heavy atom. The van der Waals surface area contributed by atoms with Crippen molar-refractivity contribution in [2.75, 3.05) is 6.61 Å². The molecule has 0 aromatic heterocycles. The Hall–Kier alpha value is -1.58. The zero-order valence-electron chi connectivity index (χ0n) is 12.9. The van der Waals surface area contributed by atoms with E-state index in [1.54, 1.807) is 24.3 Å².